The van der Waals surface area contributed by atoms with Crippen LogP contribution in [-0.2, 0) is 11.3 Å². The van der Waals surface area contributed by atoms with Crippen molar-refractivity contribution in [3.8, 4) is 0 Å². The fourth-order valence-corrected chi connectivity index (χ4v) is 4.58. The van der Waals surface area contributed by atoms with Crippen LogP contribution in [0.1, 0.15) is 35.8 Å². The maximum Gasteiger partial charge on any atom is 0.233 e. The van der Waals surface area contributed by atoms with Gasteiger partial charge in [0, 0.05) is 6.54 Å². The van der Waals surface area contributed by atoms with Crippen LogP contribution in [0.15, 0.2) is 65.8 Å². The lowest BCUT2D eigenvalue weighted by atomic mass is 10.0. The van der Waals surface area contributed by atoms with Crippen molar-refractivity contribution in [1.82, 2.24) is 19.7 Å². The van der Waals surface area contributed by atoms with E-state index in [2.05, 4.69) is 39.0 Å². The van der Waals surface area contributed by atoms with Crippen LogP contribution in [0.2, 0.25) is 0 Å². The number of amides is 1. The predicted molar refractivity (Wildman–Crippen MR) is 111 cm³/mol. The second-order valence-electron chi connectivity index (χ2n) is 7.05. The Morgan fingerprint density at radius 1 is 1.07 bits per heavy atom. The van der Waals surface area contributed by atoms with E-state index in [1.54, 1.807) is 0 Å². The summed E-state index contributed by atoms with van der Waals surface area (Å²) in [5.41, 5.74) is 2.42. The summed E-state index contributed by atoms with van der Waals surface area (Å²) in [5.74, 6) is 1.42. The standard InChI is InChI=1S/C22H24N4OS/c1-17-23-24-22(26(17)15-18-9-4-2-5-10-18)28-16-21(27)25-14-8-13-20(25)19-11-6-3-7-12-19/h2-7,9-12,20H,8,13-16H2,1H3. The summed E-state index contributed by atoms with van der Waals surface area (Å²) in [4.78, 5) is 14.9. The zero-order chi connectivity index (χ0) is 19.3. The van der Waals surface area contributed by atoms with Gasteiger partial charge in [-0.25, -0.2) is 0 Å². The van der Waals surface area contributed by atoms with Gasteiger partial charge in [0.05, 0.1) is 18.3 Å². The molecule has 2 heterocycles. The first kappa shape index (κ1) is 18.7. The maximum absolute atomic E-state index is 12.9. The molecule has 0 aliphatic carbocycles. The van der Waals surface area contributed by atoms with Crippen molar-refractivity contribution in [2.24, 2.45) is 0 Å². The van der Waals surface area contributed by atoms with Crippen molar-refractivity contribution in [2.45, 2.75) is 37.5 Å². The predicted octanol–water partition coefficient (Wildman–Crippen LogP) is 4.09. The molecule has 0 saturated carbocycles. The first-order chi connectivity index (χ1) is 13.7. The van der Waals surface area contributed by atoms with Gasteiger partial charge in [0.2, 0.25) is 5.91 Å². The molecule has 6 heteroatoms. The number of aromatic nitrogens is 3. The molecule has 3 aromatic rings. The average Bonchev–Trinajstić information content (AvgIpc) is 3.36. The number of aryl methyl sites for hydroxylation is 1. The number of thioether (sulfide) groups is 1. The topological polar surface area (TPSA) is 51.0 Å². The van der Waals surface area contributed by atoms with Gasteiger partial charge in [0.1, 0.15) is 5.82 Å². The van der Waals surface area contributed by atoms with E-state index < -0.39 is 0 Å². The molecule has 0 spiro atoms. The van der Waals surface area contributed by atoms with Crippen LogP contribution in [0.25, 0.3) is 0 Å². The Kier molecular flexibility index (Phi) is 5.76. The Labute approximate surface area is 169 Å². The number of hydrogen-bond donors (Lipinski definition) is 0. The van der Waals surface area contributed by atoms with Crippen molar-refractivity contribution in [3.63, 3.8) is 0 Å². The molecule has 144 valence electrons. The van der Waals surface area contributed by atoms with E-state index in [0.29, 0.717) is 12.3 Å². The van der Waals surface area contributed by atoms with Crippen LogP contribution in [0, 0.1) is 6.92 Å². The van der Waals surface area contributed by atoms with E-state index in [0.717, 1.165) is 30.4 Å². The van der Waals surface area contributed by atoms with Crippen molar-refractivity contribution in [1.29, 1.82) is 0 Å². The fraction of sp³-hybridized carbons (Fsp3) is 0.318. The lowest BCUT2D eigenvalue weighted by Crippen LogP contribution is -2.32. The summed E-state index contributed by atoms with van der Waals surface area (Å²) in [6.07, 6.45) is 2.09. The van der Waals surface area contributed by atoms with Gasteiger partial charge in [-0.15, -0.1) is 10.2 Å². The van der Waals surface area contributed by atoms with E-state index in [9.17, 15) is 4.79 Å². The Morgan fingerprint density at radius 3 is 2.54 bits per heavy atom. The summed E-state index contributed by atoms with van der Waals surface area (Å²) in [7, 11) is 0. The third kappa shape index (κ3) is 4.12. The van der Waals surface area contributed by atoms with E-state index in [4.69, 9.17) is 0 Å². The van der Waals surface area contributed by atoms with Gasteiger partial charge in [-0.3, -0.25) is 4.79 Å². The lowest BCUT2D eigenvalue weighted by Gasteiger charge is -2.25. The molecule has 1 aromatic heterocycles. The first-order valence-corrected chi connectivity index (χ1v) is 10.6. The number of hydrogen-bond acceptors (Lipinski definition) is 4. The molecule has 1 aliphatic heterocycles. The summed E-state index contributed by atoms with van der Waals surface area (Å²) in [5, 5.41) is 9.31. The minimum absolute atomic E-state index is 0.170. The second kappa shape index (κ2) is 8.61. The molecule has 1 fully saturated rings. The maximum atomic E-state index is 12.9. The Balaban J connectivity index is 1.43. The van der Waals surface area contributed by atoms with Gasteiger partial charge in [-0.2, -0.15) is 0 Å². The molecule has 4 rings (SSSR count). The number of carbonyl (C=O) groups excluding carboxylic acids is 1. The average molecular weight is 393 g/mol. The molecule has 1 aliphatic rings. The summed E-state index contributed by atoms with van der Waals surface area (Å²) >= 11 is 1.48. The minimum Gasteiger partial charge on any atom is -0.335 e. The van der Waals surface area contributed by atoms with Gasteiger partial charge in [0.15, 0.2) is 5.16 Å². The van der Waals surface area contributed by atoms with E-state index in [1.165, 1.54) is 22.9 Å². The van der Waals surface area contributed by atoms with Crippen LogP contribution in [0.4, 0.5) is 0 Å². The van der Waals surface area contributed by atoms with Crippen molar-refractivity contribution >= 4 is 17.7 Å². The van der Waals surface area contributed by atoms with Crippen LogP contribution in [0.3, 0.4) is 0 Å². The quantitative estimate of drug-likeness (QED) is 0.593. The Bertz CT molecular complexity index is 926. The van der Waals surface area contributed by atoms with E-state index in [1.807, 2.05) is 48.2 Å². The van der Waals surface area contributed by atoms with Crippen LogP contribution >= 0.6 is 11.8 Å². The van der Waals surface area contributed by atoms with Gasteiger partial charge in [0.25, 0.3) is 0 Å². The summed E-state index contributed by atoms with van der Waals surface area (Å²) in [6, 6.07) is 20.8. The molecule has 2 aromatic carbocycles. The van der Waals surface area contributed by atoms with Gasteiger partial charge < -0.3 is 9.47 Å². The zero-order valence-electron chi connectivity index (χ0n) is 16.0. The molecule has 0 bridgehead atoms. The number of rotatable bonds is 6. The molecule has 0 radical (unpaired) electrons. The molecule has 1 atom stereocenters. The summed E-state index contributed by atoms with van der Waals surface area (Å²) in [6.45, 7) is 3.50. The van der Waals surface area contributed by atoms with Crippen molar-refractivity contribution in [2.75, 3.05) is 12.3 Å². The van der Waals surface area contributed by atoms with Crippen molar-refractivity contribution in [3.05, 3.63) is 77.6 Å². The minimum atomic E-state index is 0.170. The first-order valence-electron chi connectivity index (χ1n) is 9.63. The Morgan fingerprint density at radius 2 is 1.79 bits per heavy atom. The largest absolute Gasteiger partial charge is 0.335 e. The molecular weight excluding hydrogens is 368 g/mol. The molecule has 1 unspecified atom stereocenters. The zero-order valence-corrected chi connectivity index (χ0v) is 16.8. The van der Waals surface area contributed by atoms with Crippen molar-refractivity contribution < 1.29 is 4.79 Å². The number of benzene rings is 2. The summed E-state index contributed by atoms with van der Waals surface area (Å²) < 4.78 is 2.08. The highest BCUT2D eigenvalue weighted by Crippen LogP contribution is 2.32. The van der Waals surface area contributed by atoms with Crippen LogP contribution in [0.5, 0.6) is 0 Å². The molecule has 5 nitrogen and oxygen atoms in total. The number of nitrogens with zero attached hydrogens (tertiary/aromatic N) is 4. The lowest BCUT2D eigenvalue weighted by molar-refractivity contribution is -0.129. The van der Waals surface area contributed by atoms with Crippen LogP contribution < -0.4 is 0 Å². The fourth-order valence-electron chi connectivity index (χ4n) is 3.71. The molecule has 28 heavy (non-hydrogen) atoms. The Hall–Kier alpha value is -2.60. The molecule has 1 saturated heterocycles. The van der Waals surface area contributed by atoms with Gasteiger partial charge >= 0.3 is 0 Å². The highest BCUT2D eigenvalue weighted by Gasteiger charge is 2.29. The second-order valence-corrected chi connectivity index (χ2v) is 7.99. The van der Waals surface area contributed by atoms with Gasteiger partial charge in [-0.05, 0) is 30.9 Å². The van der Waals surface area contributed by atoms with Gasteiger partial charge in [-0.1, -0.05) is 72.4 Å². The number of likely N-dealkylation sites (tertiary alicyclic amines) is 1. The monoisotopic (exact) mass is 392 g/mol. The van der Waals surface area contributed by atoms with E-state index in [-0.39, 0.29) is 11.9 Å². The number of carbonyl (C=O) groups is 1. The normalized spacial score (nSPS) is 16.5. The SMILES string of the molecule is Cc1nnc(SCC(=O)N2CCCC2c2ccccc2)n1Cc1ccccc1. The third-order valence-electron chi connectivity index (χ3n) is 5.17. The molecule has 0 N–H and O–H groups in total. The smallest absolute Gasteiger partial charge is 0.233 e. The molecular formula is C22H24N4OS. The van der Waals surface area contributed by atoms with Crippen LogP contribution in [-0.4, -0.2) is 37.9 Å². The molecule has 1 amide bonds. The highest BCUT2D eigenvalue weighted by molar-refractivity contribution is 7.99. The third-order valence-corrected chi connectivity index (χ3v) is 6.12. The highest BCUT2D eigenvalue weighted by atomic mass is 32.2. The van der Waals surface area contributed by atoms with E-state index >= 15 is 0 Å².